The zero-order valence-electron chi connectivity index (χ0n) is 8.95. The number of hydrogen-bond donors (Lipinski definition) is 1. The summed E-state index contributed by atoms with van der Waals surface area (Å²) < 4.78 is 0. The minimum Gasteiger partial charge on any atom is -0.370 e. The van der Waals surface area contributed by atoms with E-state index in [0.29, 0.717) is 0 Å². The second kappa shape index (κ2) is 3.26. The maximum Gasteiger partial charge on any atom is 0.137 e. The Bertz CT molecular complexity index is 481. The Labute approximate surface area is 89.1 Å². The van der Waals surface area contributed by atoms with Crippen molar-refractivity contribution in [3.63, 3.8) is 0 Å². The van der Waals surface area contributed by atoms with Crippen LogP contribution in [0.3, 0.4) is 0 Å². The fourth-order valence-electron chi connectivity index (χ4n) is 2.27. The Morgan fingerprint density at radius 3 is 2.93 bits per heavy atom. The summed E-state index contributed by atoms with van der Waals surface area (Å²) in [5.41, 5.74) is 3.54. The minimum atomic E-state index is 0.996. The van der Waals surface area contributed by atoms with Crippen LogP contribution in [-0.2, 0) is 0 Å². The lowest BCUT2D eigenvalue weighted by atomic mass is 10.2. The quantitative estimate of drug-likeness (QED) is 0.768. The molecule has 1 fully saturated rings. The summed E-state index contributed by atoms with van der Waals surface area (Å²) >= 11 is 0. The van der Waals surface area contributed by atoms with Gasteiger partial charge in [-0.3, -0.25) is 0 Å². The molecule has 0 aliphatic carbocycles. The number of pyridine rings is 1. The van der Waals surface area contributed by atoms with E-state index in [0.717, 1.165) is 5.65 Å². The molecule has 0 radical (unpaired) electrons. The SMILES string of the molecule is Cc1c[nH]c2ncc(N3CCCC3)cc12. The van der Waals surface area contributed by atoms with E-state index in [4.69, 9.17) is 0 Å². The van der Waals surface area contributed by atoms with Crippen molar-refractivity contribution in [2.45, 2.75) is 19.8 Å². The lowest BCUT2D eigenvalue weighted by Gasteiger charge is -2.16. The molecule has 15 heavy (non-hydrogen) atoms. The largest absolute Gasteiger partial charge is 0.370 e. The Kier molecular flexibility index (Phi) is 1.91. The molecule has 0 aromatic carbocycles. The average Bonchev–Trinajstić information content (AvgIpc) is 2.88. The van der Waals surface area contributed by atoms with Gasteiger partial charge in [0.2, 0.25) is 0 Å². The van der Waals surface area contributed by atoms with Crippen LogP contribution in [-0.4, -0.2) is 23.1 Å². The molecule has 1 saturated heterocycles. The fourth-order valence-corrected chi connectivity index (χ4v) is 2.27. The number of aryl methyl sites for hydroxylation is 1. The third-order valence-electron chi connectivity index (χ3n) is 3.19. The minimum absolute atomic E-state index is 0.996. The maximum atomic E-state index is 4.45. The zero-order valence-corrected chi connectivity index (χ0v) is 8.95. The fraction of sp³-hybridized carbons (Fsp3) is 0.417. The summed E-state index contributed by atoms with van der Waals surface area (Å²) in [5.74, 6) is 0. The molecule has 0 unspecified atom stereocenters. The average molecular weight is 201 g/mol. The molecule has 0 amide bonds. The van der Waals surface area contributed by atoms with Gasteiger partial charge in [-0.05, 0) is 31.4 Å². The summed E-state index contributed by atoms with van der Waals surface area (Å²) in [5, 5.41) is 1.25. The summed E-state index contributed by atoms with van der Waals surface area (Å²) in [7, 11) is 0. The predicted molar refractivity (Wildman–Crippen MR) is 62.3 cm³/mol. The van der Waals surface area contributed by atoms with Crippen LogP contribution < -0.4 is 4.90 Å². The zero-order chi connectivity index (χ0) is 10.3. The first-order valence-electron chi connectivity index (χ1n) is 5.53. The molecular weight excluding hydrogens is 186 g/mol. The lowest BCUT2D eigenvalue weighted by Crippen LogP contribution is -2.17. The van der Waals surface area contributed by atoms with Gasteiger partial charge >= 0.3 is 0 Å². The van der Waals surface area contributed by atoms with E-state index < -0.39 is 0 Å². The van der Waals surface area contributed by atoms with Gasteiger partial charge in [0, 0.05) is 24.7 Å². The van der Waals surface area contributed by atoms with Crippen LogP contribution in [0, 0.1) is 6.92 Å². The van der Waals surface area contributed by atoms with Crippen LogP contribution in [0.2, 0.25) is 0 Å². The topological polar surface area (TPSA) is 31.9 Å². The van der Waals surface area contributed by atoms with E-state index in [-0.39, 0.29) is 0 Å². The van der Waals surface area contributed by atoms with Crippen LogP contribution in [0.5, 0.6) is 0 Å². The Hall–Kier alpha value is -1.51. The molecule has 1 aliphatic heterocycles. The molecule has 0 saturated carbocycles. The van der Waals surface area contributed by atoms with Gasteiger partial charge in [0.1, 0.15) is 5.65 Å². The van der Waals surface area contributed by atoms with Crippen molar-refractivity contribution in [2.75, 3.05) is 18.0 Å². The number of nitrogens with zero attached hydrogens (tertiary/aromatic N) is 2. The van der Waals surface area contributed by atoms with E-state index in [1.54, 1.807) is 0 Å². The number of nitrogens with one attached hydrogen (secondary N) is 1. The van der Waals surface area contributed by atoms with Crippen molar-refractivity contribution in [1.82, 2.24) is 9.97 Å². The standard InChI is InChI=1S/C12H15N3/c1-9-7-13-12-11(9)6-10(8-14-12)15-4-2-3-5-15/h6-8H,2-5H2,1H3,(H,13,14). The highest BCUT2D eigenvalue weighted by atomic mass is 15.1. The Morgan fingerprint density at radius 2 is 2.13 bits per heavy atom. The van der Waals surface area contributed by atoms with Crippen molar-refractivity contribution in [3.05, 3.63) is 24.0 Å². The highest BCUT2D eigenvalue weighted by molar-refractivity contribution is 5.82. The van der Waals surface area contributed by atoms with Gasteiger partial charge in [-0.2, -0.15) is 0 Å². The predicted octanol–water partition coefficient (Wildman–Crippen LogP) is 2.47. The molecule has 1 aliphatic rings. The smallest absolute Gasteiger partial charge is 0.137 e. The van der Waals surface area contributed by atoms with Gasteiger partial charge in [-0.15, -0.1) is 0 Å². The highest BCUT2D eigenvalue weighted by Gasteiger charge is 2.13. The molecule has 3 heterocycles. The molecule has 2 aromatic heterocycles. The van der Waals surface area contributed by atoms with E-state index in [9.17, 15) is 0 Å². The molecule has 3 rings (SSSR count). The molecule has 2 aromatic rings. The molecule has 3 nitrogen and oxygen atoms in total. The molecule has 1 N–H and O–H groups in total. The van der Waals surface area contributed by atoms with Crippen molar-refractivity contribution in [1.29, 1.82) is 0 Å². The summed E-state index contributed by atoms with van der Waals surface area (Å²) in [6, 6.07) is 2.25. The monoisotopic (exact) mass is 201 g/mol. The van der Waals surface area contributed by atoms with Crippen LogP contribution in [0.25, 0.3) is 11.0 Å². The van der Waals surface area contributed by atoms with E-state index in [1.165, 1.54) is 42.6 Å². The van der Waals surface area contributed by atoms with Crippen LogP contribution in [0.15, 0.2) is 18.5 Å². The first kappa shape index (κ1) is 8.77. The molecule has 78 valence electrons. The van der Waals surface area contributed by atoms with E-state index in [2.05, 4.69) is 27.9 Å². The molecular formula is C12H15N3. The molecule has 3 heteroatoms. The van der Waals surface area contributed by atoms with Gasteiger partial charge < -0.3 is 9.88 Å². The lowest BCUT2D eigenvalue weighted by molar-refractivity contribution is 0.949. The second-order valence-electron chi connectivity index (χ2n) is 4.26. The molecule has 0 bridgehead atoms. The number of fused-ring (bicyclic) bond motifs is 1. The molecule has 0 atom stereocenters. The number of aromatic amines is 1. The van der Waals surface area contributed by atoms with Gasteiger partial charge in [-0.25, -0.2) is 4.98 Å². The third-order valence-corrected chi connectivity index (χ3v) is 3.19. The highest BCUT2D eigenvalue weighted by Crippen LogP contribution is 2.24. The number of rotatable bonds is 1. The van der Waals surface area contributed by atoms with Crippen LogP contribution in [0.1, 0.15) is 18.4 Å². The first-order valence-corrected chi connectivity index (χ1v) is 5.53. The van der Waals surface area contributed by atoms with Crippen molar-refractivity contribution in [2.24, 2.45) is 0 Å². The number of anilines is 1. The summed E-state index contributed by atoms with van der Waals surface area (Å²) in [4.78, 5) is 10.0. The Morgan fingerprint density at radius 1 is 1.33 bits per heavy atom. The van der Waals surface area contributed by atoms with Gasteiger partial charge in [0.15, 0.2) is 0 Å². The second-order valence-corrected chi connectivity index (χ2v) is 4.26. The maximum absolute atomic E-state index is 4.45. The van der Waals surface area contributed by atoms with Crippen molar-refractivity contribution in [3.8, 4) is 0 Å². The van der Waals surface area contributed by atoms with Crippen LogP contribution >= 0.6 is 0 Å². The van der Waals surface area contributed by atoms with E-state index in [1.807, 2.05) is 12.4 Å². The summed E-state index contributed by atoms with van der Waals surface area (Å²) in [6.45, 7) is 4.47. The van der Waals surface area contributed by atoms with Crippen molar-refractivity contribution >= 4 is 16.7 Å². The number of hydrogen-bond acceptors (Lipinski definition) is 2. The third kappa shape index (κ3) is 1.39. The Balaban J connectivity index is 2.08. The van der Waals surface area contributed by atoms with Gasteiger partial charge in [0.05, 0.1) is 11.9 Å². The van der Waals surface area contributed by atoms with Crippen LogP contribution in [0.4, 0.5) is 5.69 Å². The van der Waals surface area contributed by atoms with Crippen molar-refractivity contribution < 1.29 is 0 Å². The number of aromatic nitrogens is 2. The van der Waals surface area contributed by atoms with Gasteiger partial charge in [0.25, 0.3) is 0 Å². The van der Waals surface area contributed by atoms with Gasteiger partial charge in [-0.1, -0.05) is 0 Å². The normalized spacial score (nSPS) is 16.5. The first-order chi connectivity index (χ1) is 7.34. The molecule has 0 spiro atoms. The number of H-pyrrole nitrogens is 1. The summed E-state index contributed by atoms with van der Waals surface area (Å²) in [6.07, 6.45) is 6.61. The van der Waals surface area contributed by atoms with E-state index >= 15 is 0 Å².